The zero-order chi connectivity index (χ0) is 15.1. The van der Waals surface area contributed by atoms with Crippen LogP contribution in [0.4, 0.5) is 0 Å². The molecule has 2 unspecified atom stereocenters. The van der Waals surface area contributed by atoms with Gasteiger partial charge in [-0.25, -0.2) is 0 Å². The van der Waals surface area contributed by atoms with Gasteiger partial charge in [0.2, 0.25) is 0 Å². The highest BCUT2D eigenvalue weighted by Gasteiger charge is 2.14. The van der Waals surface area contributed by atoms with Crippen LogP contribution in [0.5, 0.6) is 5.75 Å². The molecular formula is C16H24ClNO3. The molecule has 1 aliphatic heterocycles. The average Bonchev–Trinajstić information content (AvgIpc) is 2.49. The summed E-state index contributed by atoms with van der Waals surface area (Å²) < 4.78 is 11.0. The van der Waals surface area contributed by atoms with Gasteiger partial charge in [0.05, 0.1) is 6.61 Å². The van der Waals surface area contributed by atoms with Gasteiger partial charge in [-0.1, -0.05) is 11.6 Å². The minimum absolute atomic E-state index is 0.273. The number of halogens is 1. The first-order valence-electron chi connectivity index (χ1n) is 7.50. The molecule has 2 atom stereocenters. The summed E-state index contributed by atoms with van der Waals surface area (Å²) in [5, 5.41) is 13.9. The van der Waals surface area contributed by atoms with Crippen LogP contribution in [0, 0.1) is 12.8 Å². The van der Waals surface area contributed by atoms with Crippen LogP contribution in [-0.2, 0) is 4.74 Å². The maximum Gasteiger partial charge on any atom is 0.119 e. The maximum atomic E-state index is 9.92. The summed E-state index contributed by atoms with van der Waals surface area (Å²) in [6, 6.07) is 5.50. The van der Waals surface area contributed by atoms with Crippen molar-refractivity contribution in [3.8, 4) is 5.75 Å². The topological polar surface area (TPSA) is 50.7 Å². The van der Waals surface area contributed by atoms with Gasteiger partial charge in [0.25, 0.3) is 0 Å². The minimum Gasteiger partial charge on any atom is -0.491 e. The number of aryl methyl sites for hydroxylation is 1. The standard InChI is InChI=1S/C16H24ClNO3/c1-12-7-15(4-5-16(12)17)21-11-14(19)9-18-8-13-3-2-6-20-10-13/h4-5,7,13-14,18-19H,2-3,6,8-11H2,1H3. The molecule has 0 amide bonds. The summed E-state index contributed by atoms with van der Waals surface area (Å²) >= 11 is 5.96. The van der Waals surface area contributed by atoms with Crippen LogP contribution >= 0.6 is 11.6 Å². The first-order valence-corrected chi connectivity index (χ1v) is 7.88. The van der Waals surface area contributed by atoms with E-state index in [-0.39, 0.29) is 6.61 Å². The summed E-state index contributed by atoms with van der Waals surface area (Å²) in [4.78, 5) is 0. The molecular weight excluding hydrogens is 290 g/mol. The summed E-state index contributed by atoms with van der Waals surface area (Å²) in [5.74, 6) is 1.29. The lowest BCUT2D eigenvalue weighted by Gasteiger charge is -2.23. The Morgan fingerprint density at radius 2 is 2.38 bits per heavy atom. The van der Waals surface area contributed by atoms with Gasteiger partial charge in [-0.3, -0.25) is 0 Å². The van der Waals surface area contributed by atoms with Crippen molar-refractivity contribution in [1.29, 1.82) is 0 Å². The zero-order valence-corrected chi connectivity index (χ0v) is 13.2. The Labute approximate surface area is 131 Å². The first kappa shape index (κ1) is 16.6. The number of nitrogens with one attached hydrogen (secondary N) is 1. The average molecular weight is 314 g/mol. The number of aliphatic hydroxyl groups excluding tert-OH is 1. The van der Waals surface area contributed by atoms with Crippen molar-refractivity contribution >= 4 is 11.6 Å². The van der Waals surface area contributed by atoms with Gasteiger partial charge in [-0.2, -0.15) is 0 Å². The molecule has 118 valence electrons. The number of ether oxygens (including phenoxy) is 2. The molecule has 0 radical (unpaired) electrons. The number of aliphatic hydroxyl groups is 1. The molecule has 1 heterocycles. The van der Waals surface area contributed by atoms with Crippen LogP contribution < -0.4 is 10.1 Å². The molecule has 2 rings (SSSR count). The smallest absolute Gasteiger partial charge is 0.119 e. The van der Waals surface area contributed by atoms with Crippen LogP contribution in [0.2, 0.25) is 5.02 Å². The van der Waals surface area contributed by atoms with Crippen LogP contribution in [0.15, 0.2) is 18.2 Å². The van der Waals surface area contributed by atoms with E-state index in [4.69, 9.17) is 21.1 Å². The molecule has 0 saturated carbocycles. The summed E-state index contributed by atoms with van der Waals surface area (Å²) in [7, 11) is 0. The van der Waals surface area contributed by atoms with E-state index in [0.717, 1.165) is 42.5 Å². The van der Waals surface area contributed by atoms with E-state index in [0.29, 0.717) is 12.5 Å². The van der Waals surface area contributed by atoms with Crippen molar-refractivity contribution < 1.29 is 14.6 Å². The molecule has 21 heavy (non-hydrogen) atoms. The second-order valence-corrected chi connectivity index (χ2v) is 6.02. The zero-order valence-electron chi connectivity index (χ0n) is 12.5. The third kappa shape index (κ3) is 5.83. The molecule has 0 bridgehead atoms. The van der Waals surface area contributed by atoms with E-state index in [2.05, 4.69) is 5.32 Å². The van der Waals surface area contributed by atoms with Crippen molar-refractivity contribution in [2.24, 2.45) is 5.92 Å². The fraction of sp³-hybridized carbons (Fsp3) is 0.625. The molecule has 0 aromatic heterocycles. The molecule has 0 spiro atoms. The van der Waals surface area contributed by atoms with E-state index in [9.17, 15) is 5.11 Å². The van der Waals surface area contributed by atoms with Crippen LogP contribution in [0.3, 0.4) is 0 Å². The molecule has 5 heteroatoms. The molecule has 4 nitrogen and oxygen atoms in total. The van der Waals surface area contributed by atoms with E-state index in [1.807, 2.05) is 19.1 Å². The Morgan fingerprint density at radius 3 is 3.10 bits per heavy atom. The molecule has 1 saturated heterocycles. The van der Waals surface area contributed by atoms with Crippen LogP contribution in [0.1, 0.15) is 18.4 Å². The van der Waals surface area contributed by atoms with Gasteiger partial charge in [0.15, 0.2) is 0 Å². The highest BCUT2D eigenvalue weighted by Crippen LogP contribution is 2.21. The van der Waals surface area contributed by atoms with Crippen molar-refractivity contribution in [2.75, 3.05) is 32.9 Å². The molecule has 2 N–H and O–H groups in total. The second-order valence-electron chi connectivity index (χ2n) is 5.62. The highest BCUT2D eigenvalue weighted by atomic mass is 35.5. The monoisotopic (exact) mass is 313 g/mol. The van der Waals surface area contributed by atoms with E-state index >= 15 is 0 Å². The van der Waals surface area contributed by atoms with E-state index in [1.54, 1.807) is 6.07 Å². The largest absolute Gasteiger partial charge is 0.491 e. The summed E-state index contributed by atoms with van der Waals surface area (Å²) in [5.41, 5.74) is 0.971. The molecule has 1 aromatic rings. The van der Waals surface area contributed by atoms with Gasteiger partial charge in [-0.15, -0.1) is 0 Å². The predicted molar refractivity (Wildman–Crippen MR) is 84.1 cm³/mol. The Hall–Kier alpha value is -0.810. The van der Waals surface area contributed by atoms with Gasteiger partial charge in [0, 0.05) is 24.7 Å². The quantitative estimate of drug-likeness (QED) is 0.811. The van der Waals surface area contributed by atoms with Gasteiger partial charge < -0.3 is 19.9 Å². The van der Waals surface area contributed by atoms with Gasteiger partial charge in [-0.05, 0) is 49.4 Å². The Kier molecular flexibility index (Phi) is 6.77. The van der Waals surface area contributed by atoms with E-state index in [1.165, 1.54) is 6.42 Å². The Balaban J connectivity index is 1.62. The Morgan fingerprint density at radius 1 is 1.52 bits per heavy atom. The van der Waals surface area contributed by atoms with Crippen molar-refractivity contribution in [2.45, 2.75) is 25.9 Å². The van der Waals surface area contributed by atoms with Crippen LogP contribution in [0.25, 0.3) is 0 Å². The first-order chi connectivity index (χ1) is 10.1. The lowest BCUT2D eigenvalue weighted by Crippen LogP contribution is -2.36. The second kappa shape index (κ2) is 8.59. The number of benzene rings is 1. The SMILES string of the molecule is Cc1cc(OCC(O)CNCC2CCCOC2)ccc1Cl. The fourth-order valence-corrected chi connectivity index (χ4v) is 2.50. The van der Waals surface area contributed by atoms with Gasteiger partial charge >= 0.3 is 0 Å². The normalized spacial score (nSPS) is 20.2. The Bertz CT molecular complexity index is 436. The summed E-state index contributed by atoms with van der Waals surface area (Å²) in [6.45, 7) is 5.33. The van der Waals surface area contributed by atoms with Crippen molar-refractivity contribution in [3.05, 3.63) is 28.8 Å². The predicted octanol–water partition coefficient (Wildman–Crippen LogP) is 2.40. The minimum atomic E-state index is -0.523. The highest BCUT2D eigenvalue weighted by molar-refractivity contribution is 6.31. The van der Waals surface area contributed by atoms with Crippen molar-refractivity contribution in [1.82, 2.24) is 5.32 Å². The molecule has 1 aliphatic rings. The lowest BCUT2D eigenvalue weighted by molar-refractivity contribution is 0.0516. The number of hydrogen-bond donors (Lipinski definition) is 2. The number of hydrogen-bond acceptors (Lipinski definition) is 4. The lowest BCUT2D eigenvalue weighted by atomic mass is 10.0. The third-order valence-electron chi connectivity index (χ3n) is 3.64. The van der Waals surface area contributed by atoms with Crippen molar-refractivity contribution in [3.63, 3.8) is 0 Å². The third-order valence-corrected chi connectivity index (χ3v) is 4.06. The molecule has 1 fully saturated rings. The van der Waals surface area contributed by atoms with E-state index < -0.39 is 6.10 Å². The summed E-state index contributed by atoms with van der Waals surface area (Å²) in [6.07, 6.45) is 1.81. The van der Waals surface area contributed by atoms with Crippen LogP contribution in [-0.4, -0.2) is 44.1 Å². The van der Waals surface area contributed by atoms with Gasteiger partial charge in [0.1, 0.15) is 18.5 Å². The fourth-order valence-electron chi connectivity index (χ4n) is 2.38. The number of rotatable bonds is 7. The molecule has 0 aliphatic carbocycles. The maximum absolute atomic E-state index is 9.92. The molecule has 1 aromatic carbocycles.